The fourth-order valence-corrected chi connectivity index (χ4v) is 3.10. The summed E-state index contributed by atoms with van der Waals surface area (Å²) in [7, 11) is 0. The third kappa shape index (κ3) is 5.31. The molecule has 2 aromatic carbocycles. The number of nitrogens with one attached hydrogen (secondary N) is 1. The highest BCUT2D eigenvalue weighted by Crippen LogP contribution is 2.15. The van der Waals surface area contributed by atoms with Crippen LogP contribution in [0, 0.1) is 5.82 Å². The zero-order chi connectivity index (χ0) is 22.3. The van der Waals surface area contributed by atoms with Crippen LogP contribution in [0.25, 0.3) is 11.3 Å². The molecule has 0 atom stereocenters. The van der Waals surface area contributed by atoms with Crippen molar-refractivity contribution in [3.05, 3.63) is 100 Å². The third-order valence-electron chi connectivity index (χ3n) is 4.73. The first-order valence-electron chi connectivity index (χ1n) is 10.1. The van der Waals surface area contributed by atoms with Crippen molar-refractivity contribution in [3.8, 4) is 11.3 Å². The molecule has 4 rings (SSSR count). The van der Waals surface area contributed by atoms with Crippen molar-refractivity contribution in [2.24, 2.45) is 0 Å². The van der Waals surface area contributed by atoms with Crippen molar-refractivity contribution in [3.63, 3.8) is 0 Å². The van der Waals surface area contributed by atoms with E-state index in [2.05, 4.69) is 20.6 Å². The van der Waals surface area contributed by atoms with Gasteiger partial charge in [0.1, 0.15) is 12.4 Å². The quantitative estimate of drug-likeness (QED) is 0.429. The second kappa shape index (κ2) is 9.78. The number of amides is 1. The van der Waals surface area contributed by atoms with Gasteiger partial charge in [-0.05, 0) is 48.7 Å². The van der Waals surface area contributed by atoms with Crippen molar-refractivity contribution >= 4 is 5.91 Å². The molecule has 162 valence electrons. The highest BCUT2D eigenvalue weighted by Gasteiger charge is 2.16. The van der Waals surface area contributed by atoms with Crippen molar-refractivity contribution < 1.29 is 13.7 Å². The molecule has 0 spiro atoms. The Balaban J connectivity index is 1.36. The summed E-state index contributed by atoms with van der Waals surface area (Å²) in [5.41, 5.74) is 1.98. The van der Waals surface area contributed by atoms with E-state index >= 15 is 0 Å². The maximum absolute atomic E-state index is 13.1. The van der Waals surface area contributed by atoms with Crippen molar-refractivity contribution in [1.29, 1.82) is 0 Å². The number of rotatable bonds is 8. The lowest BCUT2D eigenvalue weighted by molar-refractivity contribution is 0.0909. The maximum Gasteiger partial charge on any atom is 0.316 e. The van der Waals surface area contributed by atoms with Crippen LogP contribution >= 0.6 is 0 Å². The number of benzene rings is 2. The summed E-state index contributed by atoms with van der Waals surface area (Å²) in [6.45, 7) is 0.394. The van der Waals surface area contributed by atoms with Gasteiger partial charge in [-0.15, -0.1) is 0 Å². The van der Waals surface area contributed by atoms with Crippen LogP contribution in [0.4, 0.5) is 4.39 Å². The Kier molecular flexibility index (Phi) is 6.45. The first kappa shape index (κ1) is 21.1. The van der Waals surface area contributed by atoms with Gasteiger partial charge < -0.3 is 9.84 Å². The topological polar surface area (TPSA) is 103 Å². The van der Waals surface area contributed by atoms with Gasteiger partial charge in [-0.1, -0.05) is 35.5 Å². The summed E-state index contributed by atoms with van der Waals surface area (Å²) in [6, 6.07) is 18.7. The van der Waals surface area contributed by atoms with Crippen molar-refractivity contribution in [2.75, 3.05) is 6.54 Å². The summed E-state index contributed by atoms with van der Waals surface area (Å²) in [5.74, 6) is -0.871. The van der Waals surface area contributed by atoms with E-state index in [0.29, 0.717) is 17.8 Å². The lowest BCUT2D eigenvalue weighted by Crippen LogP contribution is -2.25. The first-order chi connectivity index (χ1) is 15.6. The third-order valence-corrected chi connectivity index (χ3v) is 4.73. The second-order valence-corrected chi connectivity index (χ2v) is 7.08. The van der Waals surface area contributed by atoms with Gasteiger partial charge in [-0.3, -0.25) is 9.59 Å². The molecule has 0 fully saturated rings. The minimum absolute atomic E-state index is 0.0708. The molecule has 8 nitrogen and oxygen atoms in total. The molecule has 4 aromatic rings. The van der Waals surface area contributed by atoms with Gasteiger partial charge in [0, 0.05) is 18.2 Å². The molecular weight excluding hydrogens is 413 g/mol. The number of carbonyl (C=O) groups is 1. The number of nitrogens with zero attached hydrogens (tertiary/aromatic N) is 4. The normalized spacial score (nSPS) is 10.8. The number of halogens is 1. The Morgan fingerprint density at radius 1 is 1.03 bits per heavy atom. The Morgan fingerprint density at radius 3 is 2.59 bits per heavy atom. The average molecular weight is 433 g/mol. The summed E-state index contributed by atoms with van der Waals surface area (Å²) in [4.78, 5) is 28.5. The molecule has 2 aromatic heterocycles. The van der Waals surface area contributed by atoms with Crippen molar-refractivity contribution in [1.82, 2.24) is 25.2 Å². The number of hydrogen-bond acceptors (Lipinski definition) is 6. The standard InChI is InChI=1S/C23H20FN5O3/c24-18-10-8-17(9-11-18)19-12-13-21(30)29(27-19)15-20-26-23(32-28-20)22(31)25-14-4-7-16-5-2-1-3-6-16/h1-3,5-6,8-13H,4,7,14-15H2,(H,25,31). The molecule has 0 saturated carbocycles. The summed E-state index contributed by atoms with van der Waals surface area (Å²) < 4.78 is 19.3. The molecule has 32 heavy (non-hydrogen) atoms. The molecule has 0 aliphatic rings. The summed E-state index contributed by atoms with van der Waals surface area (Å²) in [6.07, 6.45) is 1.61. The molecule has 2 heterocycles. The van der Waals surface area contributed by atoms with E-state index in [9.17, 15) is 14.0 Å². The molecular formula is C23H20FN5O3. The molecule has 0 bridgehead atoms. The number of aryl methyl sites for hydroxylation is 1. The molecule has 0 aliphatic heterocycles. The molecule has 1 N–H and O–H groups in total. The predicted molar refractivity (Wildman–Crippen MR) is 114 cm³/mol. The monoisotopic (exact) mass is 433 g/mol. The van der Waals surface area contributed by atoms with Crippen LogP contribution < -0.4 is 10.9 Å². The molecule has 1 amide bonds. The van der Waals surface area contributed by atoms with Crippen LogP contribution in [0.2, 0.25) is 0 Å². The van der Waals surface area contributed by atoms with Crippen LogP contribution in [0.15, 0.2) is 76.0 Å². The van der Waals surface area contributed by atoms with Crippen LogP contribution in [-0.2, 0) is 13.0 Å². The van der Waals surface area contributed by atoms with E-state index in [4.69, 9.17) is 4.52 Å². The highest BCUT2D eigenvalue weighted by atomic mass is 19.1. The first-order valence-corrected chi connectivity index (χ1v) is 10.1. The van der Waals surface area contributed by atoms with E-state index in [1.165, 1.54) is 23.8 Å². The smallest absolute Gasteiger partial charge is 0.316 e. The minimum Gasteiger partial charge on any atom is -0.348 e. The van der Waals surface area contributed by atoms with Crippen LogP contribution in [0.5, 0.6) is 0 Å². The fourth-order valence-electron chi connectivity index (χ4n) is 3.10. The zero-order valence-electron chi connectivity index (χ0n) is 17.1. The summed E-state index contributed by atoms with van der Waals surface area (Å²) in [5, 5.41) is 10.8. The number of aromatic nitrogens is 4. The fraction of sp³-hybridized carbons (Fsp3) is 0.174. The van der Waals surface area contributed by atoms with E-state index in [-0.39, 0.29) is 29.6 Å². The van der Waals surface area contributed by atoms with Gasteiger partial charge >= 0.3 is 11.8 Å². The van der Waals surface area contributed by atoms with Crippen LogP contribution in [0.3, 0.4) is 0 Å². The Bertz CT molecular complexity index is 1250. The minimum atomic E-state index is -0.475. The van der Waals surface area contributed by atoms with E-state index < -0.39 is 5.91 Å². The Morgan fingerprint density at radius 2 is 1.81 bits per heavy atom. The number of hydrogen-bond donors (Lipinski definition) is 1. The van der Waals surface area contributed by atoms with Gasteiger partial charge in [0.25, 0.3) is 5.56 Å². The van der Waals surface area contributed by atoms with Gasteiger partial charge in [0.2, 0.25) is 0 Å². The number of carbonyl (C=O) groups excluding carboxylic acids is 1. The molecule has 0 radical (unpaired) electrons. The lowest BCUT2D eigenvalue weighted by atomic mass is 10.1. The second-order valence-electron chi connectivity index (χ2n) is 7.08. The van der Waals surface area contributed by atoms with E-state index in [1.54, 1.807) is 18.2 Å². The van der Waals surface area contributed by atoms with Gasteiger partial charge in [-0.25, -0.2) is 9.07 Å². The van der Waals surface area contributed by atoms with Gasteiger partial charge in [-0.2, -0.15) is 10.1 Å². The Labute approximate surface area is 182 Å². The molecule has 0 saturated heterocycles. The lowest BCUT2D eigenvalue weighted by Gasteiger charge is -2.05. The average Bonchev–Trinajstić information content (AvgIpc) is 3.28. The largest absolute Gasteiger partial charge is 0.348 e. The molecule has 0 unspecified atom stereocenters. The zero-order valence-corrected chi connectivity index (χ0v) is 17.1. The maximum atomic E-state index is 13.1. The van der Waals surface area contributed by atoms with Gasteiger partial charge in [0.05, 0.1) is 5.69 Å². The van der Waals surface area contributed by atoms with E-state index in [0.717, 1.165) is 17.5 Å². The van der Waals surface area contributed by atoms with Crippen LogP contribution in [-0.4, -0.2) is 32.4 Å². The highest BCUT2D eigenvalue weighted by molar-refractivity contribution is 5.89. The Hall–Kier alpha value is -4.14. The summed E-state index contributed by atoms with van der Waals surface area (Å²) >= 11 is 0. The van der Waals surface area contributed by atoms with Gasteiger partial charge in [0.15, 0.2) is 5.82 Å². The molecule has 0 aliphatic carbocycles. The van der Waals surface area contributed by atoms with Crippen LogP contribution in [0.1, 0.15) is 28.5 Å². The SMILES string of the molecule is O=C(NCCCc1ccccc1)c1nc(Cn2nc(-c3ccc(F)cc3)ccc2=O)no1. The predicted octanol–water partition coefficient (Wildman–Crippen LogP) is 2.84. The molecule has 9 heteroatoms. The van der Waals surface area contributed by atoms with Crippen molar-refractivity contribution in [2.45, 2.75) is 19.4 Å². The van der Waals surface area contributed by atoms with E-state index in [1.807, 2.05) is 30.3 Å².